The van der Waals surface area contributed by atoms with Gasteiger partial charge in [0.2, 0.25) is 0 Å². The Morgan fingerprint density at radius 1 is 0.923 bits per heavy atom. The van der Waals surface area contributed by atoms with Crippen molar-refractivity contribution in [3.05, 3.63) is 44.6 Å². The summed E-state index contributed by atoms with van der Waals surface area (Å²) in [6.07, 6.45) is 4.45. The van der Waals surface area contributed by atoms with Crippen LogP contribution in [-0.4, -0.2) is 29.9 Å². The Bertz CT molecular complexity index is 784. The minimum atomic E-state index is -0.320. The van der Waals surface area contributed by atoms with E-state index in [1.165, 1.54) is 12.8 Å². The number of likely N-dealkylation sites (tertiary alicyclic amines) is 1. The fourth-order valence-corrected chi connectivity index (χ4v) is 4.27. The largest absolute Gasteiger partial charge is 0.325 e. The van der Waals surface area contributed by atoms with E-state index in [4.69, 9.17) is 23.2 Å². The van der Waals surface area contributed by atoms with E-state index in [0.717, 1.165) is 37.3 Å². The summed E-state index contributed by atoms with van der Waals surface area (Å²) in [6.45, 7) is 1.59. The van der Waals surface area contributed by atoms with Gasteiger partial charge < -0.3 is 15.5 Å². The Kier molecular flexibility index (Phi) is 6.40. The van der Waals surface area contributed by atoms with Gasteiger partial charge in [-0.2, -0.15) is 0 Å². The van der Waals surface area contributed by atoms with Crippen molar-refractivity contribution in [3.8, 4) is 0 Å². The number of carbonyl (C=O) groups excluding carboxylic acids is 2. The van der Waals surface area contributed by atoms with E-state index in [1.807, 2.05) is 4.90 Å². The lowest BCUT2D eigenvalue weighted by Crippen LogP contribution is -2.35. The van der Waals surface area contributed by atoms with Gasteiger partial charge >= 0.3 is 6.03 Å². The molecule has 0 spiro atoms. The van der Waals surface area contributed by atoms with Crippen LogP contribution >= 0.6 is 34.5 Å². The predicted octanol–water partition coefficient (Wildman–Crippen LogP) is 5.72. The minimum Gasteiger partial charge on any atom is -0.325 e. The second kappa shape index (κ2) is 8.75. The molecule has 0 unspecified atom stereocenters. The highest BCUT2D eigenvalue weighted by Crippen LogP contribution is 2.31. The van der Waals surface area contributed by atoms with E-state index >= 15 is 0 Å². The molecule has 0 radical (unpaired) electrons. The predicted molar refractivity (Wildman–Crippen MR) is 108 cm³/mol. The third-order valence-corrected chi connectivity index (χ3v) is 5.68. The van der Waals surface area contributed by atoms with Crippen LogP contribution in [0.1, 0.15) is 36.0 Å². The summed E-state index contributed by atoms with van der Waals surface area (Å²) < 4.78 is 0.820. The van der Waals surface area contributed by atoms with Gasteiger partial charge in [-0.1, -0.05) is 36.0 Å². The first-order valence-electron chi connectivity index (χ1n) is 8.45. The molecule has 1 fully saturated rings. The average molecular weight is 412 g/mol. The molecule has 8 heteroatoms. The molecule has 3 amide bonds. The summed E-state index contributed by atoms with van der Waals surface area (Å²) in [5.74, 6) is -0.320. The molecule has 0 aliphatic carbocycles. The normalized spacial score (nSPS) is 14.6. The number of carbonyl (C=O) groups is 2. The second-order valence-corrected chi connectivity index (χ2v) is 8.39. The number of hydrogen-bond acceptors (Lipinski definition) is 3. The van der Waals surface area contributed by atoms with Crippen molar-refractivity contribution >= 4 is 57.9 Å². The van der Waals surface area contributed by atoms with Crippen LogP contribution in [0.2, 0.25) is 8.67 Å². The summed E-state index contributed by atoms with van der Waals surface area (Å²) in [7, 11) is 0. The van der Waals surface area contributed by atoms with Gasteiger partial charge in [0.1, 0.15) is 4.34 Å². The van der Waals surface area contributed by atoms with Crippen LogP contribution in [0.15, 0.2) is 30.3 Å². The van der Waals surface area contributed by atoms with Crippen LogP contribution < -0.4 is 10.6 Å². The van der Waals surface area contributed by atoms with Crippen LogP contribution in [-0.2, 0) is 0 Å². The molecule has 5 nitrogen and oxygen atoms in total. The number of thiophene rings is 1. The van der Waals surface area contributed by atoms with Gasteiger partial charge in [-0.15, -0.1) is 11.3 Å². The molecule has 1 aromatic heterocycles. The molecule has 2 N–H and O–H groups in total. The van der Waals surface area contributed by atoms with Gasteiger partial charge in [-0.05, 0) is 43.2 Å². The van der Waals surface area contributed by atoms with Crippen molar-refractivity contribution in [2.45, 2.75) is 25.7 Å². The summed E-state index contributed by atoms with van der Waals surface area (Å²) >= 11 is 13.0. The standard InChI is InChI=1S/C18H19Cl2N3O2S/c19-15-11-14(16(20)26-15)17(24)21-12-5-7-13(8-6-12)22-18(25)23-9-3-1-2-4-10-23/h5-8,11H,1-4,9-10H2,(H,21,24)(H,22,25). The fraction of sp³-hybridized carbons (Fsp3) is 0.333. The topological polar surface area (TPSA) is 61.4 Å². The van der Waals surface area contributed by atoms with Gasteiger partial charge in [0.25, 0.3) is 5.91 Å². The molecule has 0 saturated carbocycles. The van der Waals surface area contributed by atoms with Crippen molar-refractivity contribution in [2.75, 3.05) is 23.7 Å². The molecule has 26 heavy (non-hydrogen) atoms. The number of halogens is 2. The zero-order valence-corrected chi connectivity index (χ0v) is 16.4. The monoisotopic (exact) mass is 411 g/mol. The molecular formula is C18H19Cl2N3O2S. The number of benzene rings is 1. The number of anilines is 2. The summed E-state index contributed by atoms with van der Waals surface area (Å²) in [5.41, 5.74) is 1.65. The highest BCUT2D eigenvalue weighted by molar-refractivity contribution is 7.20. The molecular weight excluding hydrogens is 393 g/mol. The third-order valence-electron chi connectivity index (χ3n) is 4.19. The van der Waals surface area contributed by atoms with Gasteiger partial charge in [-0.3, -0.25) is 4.79 Å². The summed E-state index contributed by atoms with van der Waals surface area (Å²) in [5, 5.41) is 5.67. The number of amides is 3. The van der Waals surface area contributed by atoms with Crippen LogP contribution in [0, 0.1) is 0 Å². The van der Waals surface area contributed by atoms with Crippen molar-refractivity contribution in [1.29, 1.82) is 0 Å². The number of hydrogen-bond donors (Lipinski definition) is 2. The Hall–Kier alpha value is -1.76. The van der Waals surface area contributed by atoms with E-state index in [1.54, 1.807) is 30.3 Å². The Morgan fingerprint density at radius 3 is 2.04 bits per heavy atom. The maximum absolute atomic E-state index is 12.3. The lowest BCUT2D eigenvalue weighted by molar-refractivity contribution is 0.102. The van der Waals surface area contributed by atoms with Crippen LogP contribution in [0.5, 0.6) is 0 Å². The van der Waals surface area contributed by atoms with Crippen molar-refractivity contribution < 1.29 is 9.59 Å². The maximum Gasteiger partial charge on any atom is 0.321 e. The quantitative estimate of drug-likeness (QED) is 0.678. The number of rotatable bonds is 3. The van der Waals surface area contributed by atoms with E-state index in [9.17, 15) is 9.59 Å². The molecule has 2 heterocycles. The molecule has 1 saturated heterocycles. The lowest BCUT2D eigenvalue weighted by Gasteiger charge is -2.20. The van der Waals surface area contributed by atoms with Crippen LogP contribution in [0.4, 0.5) is 16.2 Å². The van der Waals surface area contributed by atoms with E-state index in [-0.39, 0.29) is 11.9 Å². The van der Waals surface area contributed by atoms with Gasteiger partial charge in [0.15, 0.2) is 0 Å². The molecule has 0 bridgehead atoms. The molecule has 0 atom stereocenters. The zero-order chi connectivity index (χ0) is 18.5. The highest BCUT2D eigenvalue weighted by atomic mass is 35.5. The van der Waals surface area contributed by atoms with Gasteiger partial charge in [-0.25, -0.2) is 4.79 Å². The summed E-state index contributed by atoms with van der Waals surface area (Å²) in [6, 6.07) is 8.44. The number of nitrogens with one attached hydrogen (secondary N) is 2. The average Bonchev–Trinajstić information content (AvgIpc) is 2.81. The molecule has 1 aliphatic heterocycles. The van der Waals surface area contributed by atoms with E-state index in [0.29, 0.717) is 25.6 Å². The van der Waals surface area contributed by atoms with E-state index in [2.05, 4.69) is 10.6 Å². The zero-order valence-electron chi connectivity index (χ0n) is 14.1. The van der Waals surface area contributed by atoms with E-state index < -0.39 is 0 Å². The van der Waals surface area contributed by atoms with Crippen molar-refractivity contribution in [2.24, 2.45) is 0 Å². The first-order chi connectivity index (χ1) is 12.5. The smallest absolute Gasteiger partial charge is 0.321 e. The molecule has 2 aromatic rings. The first kappa shape index (κ1) is 19.0. The SMILES string of the molecule is O=C(Nc1ccc(NC(=O)N2CCCCCC2)cc1)c1cc(Cl)sc1Cl. The minimum absolute atomic E-state index is 0.0802. The molecule has 138 valence electrons. The number of urea groups is 1. The summed E-state index contributed by atoms with van der Waals surface area (Å²) in [4.78, 5) is 26.4. The highest BCUT2D eigenvalue weighted by Gasteiger charge is 2.16. The van der Waals surface area contributed by atoms with Crippen molar-refractivity contribution in [1.82, 2.24) is 4.90 Å². The molecule has 1 aromatic carbocycles. The maximum atomic E-state index is 12.3. The van der Waals surface area contributed by atoms with Gasteiger partial charge in [0, 0.05) is 24.5 Å². The van der Waals surface area contributed by atoms with Gasteiger partial charge in [0.05, 0.1) is 9.90 Å². The van der Waals surface area contributed by atoms with Crippen molar-refractivity contribution in [3.63, 3.8) is 0 Å². The third kappa shape index (κ3) is 4.90. The first-order valence-corrected chi connectivity index (χ1v) is 10.0. The fourth-order valence-electron chi connectivity index (χ4n) is 2.81. The van der Waals surface area contributed by atoms with Crippen LogP contribution in [0.25, 0.3) is 0 Å². The molecule has 1 aliphatic rings. The number of nitrogens with zero attached hydrogens (tertiary/aromatic N) is 1. The van der Waals surface area contributed by atoms with Crippen LogP contribution in [0.3, 0.4) is 0 Å². The lowest BCUT2D eigenvalue weighted by atomic mass is 10.2. The Balaban J connectivity index is 1.58. The molecule has 3 rings (SSSR count). The Morgan fingerprint density at radius 2 is 1.50 bits per heavy atom. The second-order valence-electron chi connectivity index (χ2n) is 6.10. The Labute approximate surface area is 166 Å².